The number of aliphatic hydroxyl groups excluding tert-OH is 1. The van der Waals surface area contributed by atoms with E-state index in [0.717, 1.165) is 32.5 Å². The van der Waals surface area contributed by atoms with Crippen LogP contribution in [0.1, 0.15) is 39.5 Å². The van der Waals surface area contributed by atoms with Crippen LogP contribution >= 0.6 is 0 Å². The highest BCUT2D eigenvalue weighted by atomic mass is 16.5. The summed E-state index contributed by atoms with van der Waals surface area (Å²) < 4.78 is 5.27. The van der Waals surface area contributed by atoms with Gasteiger partial charge in [-0.05, 0) is 31.1 Å². The molecule has 0 aliphatic carbocycles. The first kappa shape index (κ1) is 11.0. The number of hydrogen-bond donors (Lipinski definition) is 1. The minimum atomic E-state index is -0.0983. The lowest BCUT2D eigenvalue weighted by atomic mass is 9.87. The summed E-state index contributed by atoms with van der Waals surface area (Å²) >= 11 is 0. The predicted molar refractivity (Wildman–Crippen MR) is 53.6 cm³/mol. The summed E-state index contributed by atoms with van der Waals surface area (Å²) in [5.74, 6) is 1.14. The lowest BCUT2D eigenvalue weighted by Gasteiger charge is -2.28. The molecule has 13 heavy (non-hydrogen) atoms. The zero-order valence-electron chi connectivity index (χ0n) is 8.83. The fraction of sp³-hybridized carbons (Fsp3) is 1.00. The molecule has 1 fully saturated rings. The molecule has 78 valence electrons. The van der Waals surface area contributed by atoms with Crippen molar-refractivity contribution in [2.45, 2.75) is 45.6 Å². The van der Waals surface area contributed by atoms with Crippen LogP contribution in [-0.2, 0) is 4.74 Å². The standard InChI is InChI=1S/C11H22O2/c1-3-9(2)8-11(12)10-4-6-13-7-5-10/h9-12H,3-8H2,1-2H3. The molecular formula is C11H22O2. The van der Waals surface area contributed by atoms with Crippen LogP contribution in [0.5, 0.6) is 0 Å². The SMILES string of the molecule is CCC(C)CC(O)C1CCOCC1. The average Bonchev–Trinajstić information content (AvgIpc) is 2.19. The maximum Gasteiger partial charge on any atom is 0.0572 e. The zero-order chi connectivity index (χ0) is 9.68. The molecule has 0 aromatic carbocycles. The van der Waals surface area contributed by atoms with Gasteiger partial charge in [-0.2, -0.15) is 0 Å². The molecule has 0 radical (unpaired) electrons. The van der Waals surface area contributed by atoms with Crippen molar-refractivity contribution in [3.63, 3.8) is 0 Å². The van der Waals surface area contributed by atoms with Crippen LogP contribution in [0.2, 0.25) is 0 Å². The molecule has 2 nitrogen and oxygen atoms in total. The highest BCUT2D eigenvalue weighted by molar-refractivity contribution is 4.73. The molecule has 1 heterocycles. The van der Waals surface area contributed by atoms with Crippen LogP contribution in [-0.4, -0.2) is 24.4 Å². The van der Waals surface area contributed by atoms with E-state index in [0.29, 0.717) is 11.8 Å². The molecule has 0 aromatic heterocycles. The Bertz CT molecular complexity index is 130. The zero-order valence-corrected chi connectivity index (χ0v) is 8.83. The van der Waals surface area contributed by atoms with E-state index in [9.17, 15) is 5.11 Å². The maximum absolute atomic E-state index is 9.92. The molecule has 0 aromatic rings. The minimum Gasteiger partial charge on any atom is -0.393 e. The first-order chi connectivity index (χ1) is 6.24. The van der Waals surface area contributed by atoms with E-state index in [2.05, 4.69) is 13.8 Å². The summed E-state index contributed by atoms with van der Waals surface area (Å²) in [6, 6.07) is 0. The van der Waals surface area contributed by atoms with Gasteiger partial charge in [-0.3, -0.25) is 0 Å². The first-order valence-electron chi connectivity index (χ1n) is 5.49. The Labute approximate surface area is 81.3 Å². The van der Waals surface area contributed by atoms with E-state index < -0.39 is 0 Å². The Morgan fingerprint density at radius 3 is 2.54 bits per heavy atom. The third-order valence-electron chi connectivity index (χ3n) is 3.15. The van der Waals surface area contributed by atoms with Gasteiger partial charge in [-0.15, -0.1) is 0 Å². The topological polar surface area (TPSA) is 29.5 Å². The number of aliphatic hydroxyl groups is 1. The van der Waals surface area contributed by atoms with Crippen molar-refractivity contribution < 1.29 is 9.84 Å². The van der Waals surface area contributed by atoms with E-state index in [1.54, 1.807) is 0 Å². The molecule has 0 saturated carbocycles. The van der Waals surface area contributed by atoms with Crippen molar-refractivity contribution in [3.8, 4) is 0 Å². The van der Waals surface area contributed by atoms with E-state index in [1.165, 1.54) is 6.42 Å². The molecule has 0 amide bonds. The quantitative estimate of drug-likeness (QED) is 0.729. The Balaban J connectivity index is 2.24. The van der Waals surface area contributed by atoms with Crippen molar-refractivity contribution >= 4 is 0 Å². The van der Waals surface area contributed by atoms with Gasteiger partial charge >= 0.3 is 0 Å². The summed E-state index contributed by atoms with van der Waals surface area (Å²) in [5, 5.41) is 9.92. The normalized spacial score (nSPS) is 24.2. The van der Waals surface area contributed by atoms with Gasteiger partial charge in [-0.25, -0.2) is 0 Å². The molecule has 1 aliphatic heterocycles. The second-order valence-corrected chi connectivity index (χ2v) is 4.27. The largest absolute Gasteiger partial charge is 0.393 e. The highest BCUT2D eigenvalue weighted by Gasteiger charge is 2.22. The Kier molecular flexibility index (Phi) is 4.74. The van der Waals surface area contributed by atoms with Crippen molar-refractivity contribution in [3.05, 3.63) is 0 Å². The summed E-state index contributed by atoms with van der Waals surface area (Å²) in [7, 11) is 0. The molecule has 2 unspecified atom stereocenters. The molecule has 2 atom stereocenters. The third-order valence-corrected chi connectivity index (χ3v) is 3.15. The summed E-state index contributed by atoms with van der Waals surface area (Å²) in [6.07, 6.45) is 4.11. The Morgan fingerprint density at radius 1 is 1.38 bits per heavy atom. The van der Waals surface area contributed by atoms with Gasteiger partial charge in [0.2, 0.25) is 0 Å². The lowest BCUT2D eigenvalue weighted by molar-refractivity contribution is -0.000571. The number of ether oxygens (including phenoxy) is 1. The van der Waals surface area contributed by atoms with Gasteiger partial charge in [0.25, 0.3) is 0 Å². The Hall–Kier alpha value is -0.0800. The van der Waals surface area contributed by atoms with Crippen LogP contribution in [0.25, 0.3) is 0 Å². The molecule has 1 aliphatic rings. The monoisotopic (exact) mass is 186 g/mol. The van der Waals surface area contributed by atoms with Crippen molar-refractivity contribution in [2.24, 2.45) is 11.8 Å². The van der Waals surface area contributed by atoms with E-state index >= 15 is 0 Å². The smallest absolute Gasteiger partial charge is 0.0572 e. The van der Waals surface area contributed by atoms with Crippen LogP contribution in [0.4, 0.5) is 0 Å². The van der Waals surface area contributed by atoms with Gasteiger partial charge in [0.1, 0.15) is 0 Å². The fourth-order valence-corrected chi connectivity index (χ4v) is 1.87. The molecule has 0 bridgehead atoms. The predicted octanol–water partition coefficient (Wildman–Crippen LogP) is 2.21. The lowest BCUT2D eigenvalue weighted by Crippen LogP contribution is -2.28. The van der Waals surface area contributed by atoms with E-state index in [1.807, 2.05) is 0 Å². The second-order valence-electron chi connectivity index (χ2n) is 4.27. The van der Waals surface area contributed by atoms with Crippen molar-refractivity contribution in [1.29, 1.82) is 0 Å². The van der Waals surface area contributed by atoms with Crippen molar-refractivity contribution in [2.75, 3.05) is 13.2 Å². The van der Waals surface area contributed by atoms with E-state index in [4.69, 9.17) is 4.74 Å². The van der Waals surface area contributed by atoms with Gasteiger partial charge in [0, 0.05) is 13.2 Å². The summed E-state index contributed by atoms with van der Waals surface area (Å²) in [4.78, 5) is 0. The molecule has 2 heteroatoms. The summed E-state index contributed by atoms with van der Waals surface area (Å²) in [6.45, 7) is 6.06. The van der Waals surface area contributed by atoms with Gasteiger partial charge in [-0.1, -0.05) is 20.3 Å². The third kappa shape index (κ3) is 3.65. The van der Waals surface area contributed by atoms with Crippen LogP contribution in [0.3, 0.4) is 0 Å². The summed E-state index contributed by atoms with van der Waals surface area (Å²) in [5.41, 5.74) is 0. The second kappa shape index (κ2) is 5.61. The minimum absolute atomic E-state index is 0.0983. The Morgan fingerprint density at radius 2 is 2.00 bits per heavy atom. The van der Waals surface area contributed by atoms with Crippen LogP contribution in [0.15, 0.2) is 0 Å². The molecular weight excluding hydrogens is 164 g/mol. The van der Waals surface area contributed by atoms with Gasteiger partial charge < -0.3 is 9.84 Å². The number of hydrogen-bond acceptors (Lipinski definition) is 2. The fourth-order valence-electron chi connectivity index (χ4n) is 1.87. The van der Waals surface area contributed by atoms with Crippen LogP contribution in [0, 0.1) is 11.8 Å². The number of rotatable bonds is 4. The van der Waals surface area contributed by atoms with Gasteiger partial charge in [0.15, 0.2) is 0 Å². The average molecular weight is 186 g/mol. The maximum atomic E-state index is 9.92. The van der Waals surface area contributed by atoms with Gasteiger partial charge in [0.05, 0.1) is 6.10 Å². The molecule has 1 saturated heterocycles. The van der Waals surface area contributed by atoms with E-state index in [-0.39, 0.29) is 6.10 Å². The van der Waals surface area contributed by atoms with Crippen molar-refractivity contribution in [1.82, 2.24) is 0 Å². The molecule has 0 spiro atoms. The molecule has 1 rings (SSSR count). The van der Waals surface area contributed by atoms with Crippen LogP contribution < -0.4 is 0 Å². The first-order valence-corrected chi connectivity index (χ1v) is 5.49. The highest BCUT2D eigenvalue weighted by Crippen LogP contribution is 2.23. The molecule has 1 N–H and O–H groups in total.